The molecule has 112 valence electrons. The zero-order chi connectivity index (χ0) is 14.5. The van der Waals surface area contributed by atoms with E-state index >= 15 is 0 Å². The van der Waals surface area contributed by atoms with Crippen LogP contribution in [0.15, 0.2) is 18.2 Å². The molecule has 1 fully saturated rings. The fraction of sp³-hybridized carbons (Fsp3) is 0.647. The normalized spacial score (nSPS) is 19.6. The third-order valence-electron chi connectivity index (χ3n) is 4.54. The minimum atomic E-state index is -0.194. The second-order valence-electron chi connectivity index (χ2n) is 5.93. The Labute approximate surface area is 121 Å². The Kier molecular flexibility index (Phi) is 5.41. The summed E-state index contributed by atoms with van der Waals surface area (Å²) < 4.78 is 19.4. The molecule has 1 saturated carbocycles. The first-order valence-corrected chi connectivity index (χ1v) is 7.72. The molecule has 2 atom stereocenters. The van der Waals surface area contributed by atoms with Crippen molar-refractivity contribution in [2.45, 2.75) is 58.0 Å². The van der Waals surface area contributed by atoms with Gasteiger partial charge < -0.3 is 10.1 Å². The van der Waals surface area contributed by atoms with Crippen LogP contribution in [-0.4, -0.2) is 13.2 Å². The summed E-state index contributed by atoms with van der Waals surface area (Å²) in [7, 11) is 1.59. The minimum absolute atomic E-state index is 0.0388. The van der Waals surface area contributed by atoms with Crippen LogP contribution in [-0.2, 0) is 0 Å². The molecule has 0 saturated heterocycles. The first-order chi connectivity index (χ1) is 9.63. The molecule has 1 aliphatic carbocycles. The molecule has 1 unspecified atom stereocenters. The summed E-state index contributed by atoms with van der Waals surface area (Å²) in [5.41, 5.74) is 0.637. The molecule has 1 aromatic carbocycles. The van der Waals surface area contributed by atoms with E-state index in [1.807, 2.05) is 13.0 Å². The molecule has 1 N–H and O–H groups in total. The molecule has 3 heteroatoms. The molecule has 0 heterocycles. The lowest BCUT2D eigenvalue weighted by molar-refractivity contribution is 0.265. The summed E-state index contributed by atoms with van der Waals surface area (Å²) in [4.78, 5) is 0. The van der Waals surface area contributed by atoms with Crippen molar-refractivity contribution in [2.75, 3.05) is 7.11 Å². The van der Waals surface area contributed by atoms with E-state index in [9.17, 15) is 4.39 Å². The minimum Gasteiger partial charge on any atom is -0.496 e. The van der Waals surface area contributed by atoms with Crippen molar-refractivity contribution in [1.82, 2.24) is 5.32 Å². The molecule has 1 aliphatic rings. The summed E-state index contributed by atoms with van der Waals surface area (Å²) >= 11 is 0. The quantitative estimate of drug-likeness (QED) is 0.859. The van der Waals surface area contributed by atoms with Gasteiger partial charge in [0.25, 0.3) is 0 Å². The lowest BCUT2D eigenvalue weighted by atomic mass is 9.84. The zero-order valence-electron chi connectivity index (χ0n) is 12.8. The van der Waals surface area contributed by atoms with Gasteiger partial charge >= 0.3 is 0 Å². The summed E-state index contributed by atoms with van der Waals surface area (Å²) in [5, 5.41) is 3.56. The van der Waals surface area contributed by atoms with Gasteiger partial charge in [-0.15, -0.1) is 0 Å². The molecule has 2 rings (SSSR count). The number of methoxy groups -OCH3 is 1. The third kappa shape index (κ3) is 3.51. The van der Waals surface area contributed by atoms with Gasteiger partial charge in [-0.3, -0.25) is 0 Å². The van der Waals surface area contributed by atoms with Crippen LogP contribution in [0, 0.1) is 11.7 Å². The average Bonchev–Trinajstić information content (AvgIpc) is 2.47. The largest absolute Gasteiger partial charge is 0.496 e. The second kappa shape index (κ2) is 7.07. The molecule has 20 heavy (non-hydrogen) atoms. The molecule has 0 aromatic heterocycles. The monoisotopic (exact) mass is 279 g/mol. The van der Waals surface area contributed by atoms with Crippen molar-refractivity contribution in [3.63, 3.8) is 0 Å². The molecule has 2 nitrogen and oxygen atoms in total. The Morgan fingerprint density at radius 2 is 1.90 bits per heavy atom. The fourth-order valence-corrected chi connectivity index (χ4v) is 3.36. The Balaban J connectivity index is 2.05. The lowest BCUT2D eigenvalue weighted by Crippen LogP contribution is -2.36. The van der Waals surface area contributed by atoms with Crippen molar-refractivity contribution < 1.29 is 9.13 Å². The van der Waals surface area contributed by atoms with Gasteiger partial charge in [-0.05, 0) is 44.7 Å². The van der Waals surface area contributed by atoms with E-state index in [-0.39, 0.29) is 11.9 Å². The first kappa shape index (κ1) is 15.3. The number of rotatable bonds is 5. The van der Waals surface area contributed by atoms with E-state index in [0.29, 0.717) is 23.3 Å². The van der Waals surface area contributed by atoms with Crippen molar-refractivity contribution >= 4 is 0 Å². The smallest absolute Gasteiger partial charge is 0.131 e. The highest BCUT2D eigenvalue weighted by atomic mass is 19.1. The summed E-state index contributed by atoms with van der Waals surface area (Å²) in [6, 6.07) is 5.38. The fourth-order valence-electron chi connectivity index (χ4n) is 3.36. The maximum Gasteiger partial charge on any atom is 0.131 e. The van der Waals surface area contributed by atoms with Gasteiger partial charge in [-0.25, -0.2) is 4.39 Å². The van der Waals surface area contributed by atoms with Gasteiger partial charge in [0, 0.05) is 17.6 Å². The van der Waals surface area contributed by atoms with Gasteiger partial charge in [-0.1, -0.05) is 25.3 Å². The standard InChI is InChI=1S/C17H26FNO/c1-12(14-8-5-4-6-9-14)19-13(2)17-15(18)10-7-11-16(17)20-3/h7,10-14,19H,4-6,8-9H2,1-3H3/t12-,13?/m1/s1. The molecular weight excluding hydrogens is 253 g/mol. The van der Waals surface area contributed by atoms with Crippen molar-refractivity contribution in [2.24, 2.45) is 5.92 Å². The van der Waals surface area contributed by atoms with Crippen molar-refractivity contribution in [3.05, 3.63) is 29.6 Å². The second-order valence-corrected chi connectivity index (χ2v) is 5.93. The highest BCUT2D eigenvalue weighted by Gasteiger charge is 2.23. The number of hydrogen-bond acceptors (Lipinski definition) is 2. The van der Waals surface area contributed by atoms with Crippen LogP contribution in [0.1, 0.15) is 57.6 Å². The van der Waals surface area contributed by atoms with Crippen LogP contribution in [0.2, 0.25) is 0 Å². The SMILES string of the molecule is COc1cccc(F)c1C(C)N[C@H](C)C1CCCCC1. The van der Waals surface area contributed by atoms with E-state index in [0.717, 1.165) is 0 Å². The van der Waals surface area contributed by atoms with Crippen LogP contribution in [0.5, 0.6) is 5.75 Å². The van der Waals surface area contributed by atoms with Crippen LogP contribution in [0.3, 0.4) is 0 Å². The number of hydrogen-bond donors (Lipinski definition) is 1. The van der Waals surface area contributed by atoms with Gasteiger partial charge in [0.15, 0.2) is 0 Å². The molecule has 0 amide bonds. The van der Waals surface area contributed by atoms with Gasteiger partial charge in [0.05, 0.1) is 7.11 Å². The van der Waals surface area contributed by atoms with Gasteiger partial charge in [0.2, 0.25) is 0 Å². The van der Waals surface area contributed by atoms with E-state index in [1.165, 1.54) is 38.2 Å². The zero-order valence-corrected chi connectivity index (χ0v) is 12.8. The summed E-state index contributed by atoms with van der Waals surface area (Å²) in [6.07, 6.45) is 6.59. The molecule has 0 aliphatic heterocycles. The van der Waals surface area contributed by atoms with Gasteiger partial charge in [0.1, 0.15) is 11.6 Å². The molecule has 0 radical (unpaired) electrons. The van der Waals surface area contributed by atoms with Crippen LogP contribution in [0.4, 0.5) is 4.39 Å². The van der Waals surface area contributed by atoms with E-state index in [2.05, 4.69) is 12.2 Å². The predicted molar refractivity (Wildman–Crippen MR) is 80.5 cm³/mol. The maximum atomic E-state index is 14.1. The molecule has 0 bridgehead atoms. The van der Waals surface area contributed by atoms with Crippen LogP contribution < -0.4 is 10.1 Å². The highest BCUT2D eigenvalue weighted by molar-refractivity contribution is 5.36. The Bertz CT molecular complexity index is 429. The first-order valence-electron chi connectivity index (χ1n) is 7.72. The van der Waals surface area contributed by atoms with Crippen LogP contribution >= 0.6 is 0 Å². The number of nitrogens with one attached hydrogen (secondary N) is 1. The number of benzene rings is 1. The average molecular weight is 279 g/mol. The highest BCUT2D eigenvalue weighted by Crippen LogP contribution is 2.31. The number of halogens is 1. The Hall–Kier alpha value is -1.09. The van der Waals surface area contributed by atoms with E-state index < -0.39 is 0 Å². The molecular formula is C17H26FNO. The summed E-state index contributed by atoms with van der Waals surface area (Å²) in [6.45, 7) is 4.24. The van der Waals surface area contributed by atoms with E-state index in [4.69, 9.17) is 4.74 Å². The molecule has 1 aromatic rings. The molecule has 0 spiro atoms. The topological polar surface area (TPSA) is 21.3 Å². The van der Waals surface area contributed by atoms with Crippen LogP contribution in [0.25, 0.3) is 0 Å². The van der Waals surface area contributed by atoms with Crippen molar-refractivity contribution in [1.29, 1.82) is 0 Å². The lowest BCUT2D eigenvalue weighted by Gasteiger charge is -2.31. The van der Waals surface area contributed by atoms with E-state index in [1.54, 1.807) is 13.2 Å². The maximum absolute atomic E-state index is 14.1. The Morgan fingerprint density at radius 1 is 1.20 bits per heavy atom. The van der Waals surface area contributed by atoms with Gasteiger partial charge in [-0.2, -0.15) is 0 Å². The Morgan fingerprint density at radius 3 is 2.55 bits per heavy atom. The third-order valence-corrected chi connectivity index (χ3v) is 4.54. The number of ether oxygens (including phenoxy) is 1. The van der Waals surface area contributed by atoms with Crippen molar-refractivity contribution in [3.8, 4) is 5.75 Å². The summed E-state index contributed by atoms with van der Waals surface area (Å²) in [5.74, 6) is 1.14. The predicted octanol–water partition coefficient (Wildman–Crippen LogP) is 4.45.